The van der Waals surface area contributed by atoms with E-state index < -0.39 is 17.2 Å². The molecule has 26 heavy (non-hydrogen) atoms. The number of aliphatic hydroxyl groups is 1. The lowest BCUT2D eigenvalue weighted by molar-refractivity contribution is 0.0677. The molecular weight excluding hydrogens is 360 g/mol. The van der Waals surface area contributed by atoms with E-state index in [9.17, 15) is 13.9 Å². The zero-order chi connectivity index (χ0) is 19.0. The molecule has 2 aromatic rings. The van der Waals surface area contributed by atoms with Crippen molar-refractivity contribution in [2.45, 2.75) is 19.4 Å². The van der Waals surface area contributed by atoms with Crippen LogP contribution in [0, 0.1) is 11.6 Å². The number of ether oxygens (including phenoxy) is 1. The van der Waals surface area contributed by atoms with Crippen molar-refractivity contribution >= 4 is 17.3 Å². The average molecular weight is 383 g/mol. The summed E-state index contributed by atoms with van der Waals surface area (Å²) in [7, 11) is 0. The minimum atomic E-state index is -1.05. The predicted octanol–water partition coefficient (Wildman–Crippen LogP) is 2.87. The van der Waals surface area contributed by atoms with Crippen LogP contribution in [0.3, 0.4) is 0 Å². The van der Waals surface area contributed by atoms with Crippen LogP contribution >= 0.6 is 11.3 Å². The number of halogens is 2. The van der Waals surface area contributed by atoms with Crippen LogP contribution in [0.2, 0.25) is 0 Å². The molecule has 1 heterocycles. The van der Waals surface area contributed by atoms with Gasteiger partial charge in [0.15, 0.2) is 17.6 Å². The van der Waals surface area contributed by atoms with Crippen molar-refractivity contribution in [3.63, 3.8) is 0 Å². The molecule has 5 nitrogen and oxygen atoms in total. The second-order valence-corrected chi connectivity index (χ2v) is 6.61. The molecule has 0 bridgehead atoms. The van der Waals surface area contributed by atoms with Crippen LogP contribution in [-0.4, -0.2) is 37.3 Å². The lowest BCUT2D eigenvalue weighted by atomic mass is 10.00. The van der Waals surface area contributed by atoms with E-state index in [0.29, 0.717) is 19.0 Å². The van der Waals surface area contributed by atoms with E-state index in [2.05, 4.69) is 15.6 Å². The van der Waals surface area contributed by atoms with Gasteiger partial charge in [0, 0.05) is 12.6 Å². The van der Waals surface area contributed by atoms with Crippen molar-refractivity contribution in [2.75, 3.05) is 26.2 Å². The van der Waals surface area contributed by atoms with Crippen molar-refractivity contribution in [3.8, 4) is 5.75 Å². The van der Waals surface area contributed by atoms with Crippen molar-refractivity contribution in [1.29, 1.82) is 0 Å². The number of rotatable bonds is 8. The molecule has 8 heteroatoms. The van der Waals surface area contributed by atoms with Gasteiger partial charge in [-0.15, -0.1) is 0 Å². The Hall–Kier alpha value is -2.19. The predicted molar refractivity (Wildman–Crippen MR) is 99.7 cm³/mol. The zero-order valence-electron chi connectivity index (χ0n) is 14.8. The van der Waals surface area contributed by atoms with E-state index in [-0.39, 0.29) is 18.9 Å². The molecule has 0 radical (unpaired) electrons. The average Bonchev–Trinajstić information content (AvgIpc) is 3.15. The summed E-state index contributed by atoms with van der Waals surface area (Å²) in [6.07, 6.45) is 0. The largest absolute Gasteiger partial charge is 0.492 e. The third kappa shape index (κ3) is 5.96. The van der Waals surface area contributed by atoms with Gasteiger partial charge >= 0.3 is 0 Å². The highest BCUT2D eigenvalue weighted by molar-refractivity contribution is 7.08. The number of nitrogens with one attached hydrogen (secondary N) is 2. The molecule has 1 atom stereocenters. The Labute approximate surface area is 155 Å². The first-order valence-electron chi connectivity index (χ1n) is 8.27. The van der Waals surface area contributed by atoms with Crippen LogP contribution in [0.4, 0.5) is 8.78 Å². The van der Waals surface area contributed by atoms with Gasteiger partial charge in [0.25, 0.3) is 0 Å². The number of nitrogens with zero attached hydrogens (tertiary/aromatic N) is 1. The van der Waals surface area contributed by atoms with E-state index in [0.717, 1.165) is 17.7 Å². The standard InChI is InChI=1S/C18H23F2N3O2S/c1-3-21-17(23-12-18(2,24)13-6-9-26-11-13)22-7-8-25-14-4-5-15(19)16(20)10-14/h4-6,9-11,24H,3,7-8,12H2,1-2H3,(H2,21,22,23). The fourth-order valence-corrected chi connectivity index (χ4v) is 2.92. The van der Waals surface area contributed by atoms with E-state index >= 15 is 0 Å². The van der Waals surface area contributed by atoms with Crippen molar-refractivity contribution in [3.05, 3.63) is 52.2 Å². The van der Waals surface area contributed by atoms with E-state index in [1.807, 2.05) is 23.8 Å². The summed E-state index contributed by atoms with van der Waals surface area (Å²) in [6.45, 7) is 5.17. The third-order valence-electron chi connectivity index (χ3n) is 3.59. The number of guanidine groups is 1. The van der Waals surface area contributed by atoms with Crippen molar-refractivity contribution in [2.24, 2.45) is 4.99 Å². The van der Waals surface area contributed by atoms with Crippen molar-refractivity contribution in [1.82, 2.24) is 10.6 Å². The maximum absolute atomic E-state index is 13.1. The summed E-state index contributed by atoms with van der Waals surface area (Å²) in [5.41, 5.74) is -0.228. The first-order valence-corrected chi connectivity index (χ1v) is 9.21. The van der Waals surface area contributed by atoms with Crippen LogP contribution in [0.15, 0.2) is 40.0 Å². The molecule has 0 amide bonds. The Balaban J connectivity index is 1.84. The second-order valence-electron chi connectivity index (χ2n) is 5.83. The number of hydrogen-bond acceptors (Lipinski definition) is 4. The van der Waals surface area contributed by atoms with E-state index in [4.69, 9.17) is 4.74 Å². The van der Waals surface area contributed by atoms with Gasteiger partial charge in [-0.1, -0.05) is 0 Å². The molecular formula is C18H23F2N3O2S. The first kappa shape index (κ1) is 20.1. The van der Waals surface area contributed by atoms with Crippen LogP contribution in [0.1, 0.15) is 19.4 Å². The summed E-state index contributed by atoms with van der Waals surface area (Å²) in [5, 5.41) is 20.5. The molecule has 0 aliphatic heterocycles. The Morgan fingerprint density at radius 3 is 2.73 bits per heavy atom. The lowest BCUT2D eigenvalue weighted by Gasteiger charge is -2.21. The van der Waals surface area contributed by atoms with Gasteiger partial charge in [0.05, 0.1) is 13.1 Å². The molecule has 0 fully saturated rings. The molecule has 0 aliphatic rings. The molecule has 0 spiro atoms. The van der Waals surface area contributed by atoms with Gasteiger partial charge in [0.2, 0.25) is 0 Å². The first-order chi connectivity index (χ1) is 12.4. The zero-order valence-corrected chi connectivity index (χ0v) is 15.6. The Bertz CT molecular complexity index is 721. The lowest BCUT2D eigenvalue weighted by Crippen LogP contribution is -2.40. The Morgan fingerprint density at radius 1 is 1.27 bits per heavy atom. The normalized spacial score (nSPS) is 14.0. The smallest absolute Gasteiger partial charge is 0.191 e. The molecule has 0 saturated carbocycles. The maximum Gasteiger partial charge on any atom is 0.191 e. The number of thiophene rings is 1. The highest BCUT2D eigenvalue weighted by Crippen LogP contribution is 2.23. The Morgan fingerprint density at radius 2 is 2.08 bits per heavy atom. The highest BCUT2D eigenvalue weighted by atomic mass is 32.1. The Kier molecular flexibility index (Phi) is 7.35. The molecule has 1 unspecified atom stereocenters. The molecule has 142 valence electrons. The maximum atomic E-state index is 13.1. The monoisotopic (exact) mass is 383 g/mol. The molecule has 3 N–H and O–H groups in total. The minimum Gasteiger partial charge on any atom is -0.492 e. The highest BCUT2D eigenvalue weighted by Gasteiger charge is 2.23. The van der Waals surface area contributed by atoms with Crippen LogP contribution in [0.5, 0.6) is 5.75 Å². The van der Waals surface area contributed by atoms with Crippen LogP contribution in [-0.2, 0) is 5.60 Å². The molecule has 0 aliphatic carbocycles. The van der Waals surface area contributed by atoms with Gasteiger partial charge in [-0.05, 0) is 48.4 Å². The topological polar surface area (TPSA) is 65.9 Å². The number of benzene rings is 1. The summed E-state index contributed by atoms with van der Waals surface area (Å²) < 4.78 is 31.4. The third-order valence-corrected chi connectivity index (χ3v) is 4.27. The summed E-state index contributed by atoms with van der Waals surface area (Å²) in [5.74, 6) is -1.05. The molecule has 2 rings (SSSR count). The fraction of sp³-hybridized carbons (Fsp3) is 0.389. The number of aliphatic imine (C=N–C) groups is 1. The second kappa shape index (κ2) is 9.49. The SMILES string of the molecule is CCNC(=NCC(C)(O)c1ccsc1)NCCOc1ccc(F)c(F)c1. The van der Waals surface area contributed by atoms with Gasteiger partial charge < -0.3 is 20.5 Å². The van der Waals surface area contributed by atoms with Gasteiger partial charge in [-0.25, -0.2) is 13.8 Å². The quantitative estimate of drug-likeness (QED) is 0.373. The van der Waals surface area contributed by atoms with Crippen LogP contribution < -0.4 is 15.4 Å². The number of hydrogen-bond donors (Lipinski definition) is 3. The van der Waals surface area contributed by atoms with Crippen molar-refractivity contribution < 1.29 is 18.6 Å². The van der Waals surface area contributed by atoms with Crippen LogP contribution in [0.25, 0.3) is 0 Å². The fourth-order valence-electron chi connectivity index (χ4n) is 2.14. The van der Waals surface area contributed by atoms with Gasteiger partial charge in [0.1, 0.15) is 18.0 Å². The summed E-state index contributed by atoms with van der Waals surface area (Å²) in [4.78, 5) is 4.40. The van der Waals surface area contributed by atoms with E-state index in [1.54, 1.807) is 6.92 Å². The molecule has 1 aromatic heterocycles. The van der Waals surface area contributed by atoms with Gasteiger partial charge in [-0.2, -0.15) is 11.3 Å². The van der Waals surface area contributed by atoms with Gasteiger partial charge in [-0.3, -0.25) is 0 Å². The molecule has 1 aromatic carbocycles. The van der Waals surface area contributed by atoms with E-state index in [1.165, 1.54) is 17.4 Å². The summed E-state index contributed by atoms with van der Waals surface area (Å²) >= 11 is 1.52. The minimum absolute atomic E-state index is 0.198. The molecule has 0 saturated heterocycles. The summed E-state index contributed by atoms with van der Waals surface area (Å²) in [6, 6.07) is 5.27.